The molecule has 0 saturated carbocycles. The second-order valence-corrected chi connectivity index (χ2v) is 1.60. The Kier molecular flexibility index (Phi) is 15.6. The van der Waals surface area contributed by atoms with E-state index < -0.39 is 0 Å². The van der Waals surface area contributed by atoms with Gasteiger partial charge in [-0.3, -0.25) is 0 Å². The number of carbonyl (C=O) groups excluding carboxylic acids is 1. The third kappa shape index (κ3) is 12.0. The number of carbonyl (C=O) groups is 1. The first kappa shape index (κ1) is 12.3. The van der Waals surface area contributed by atoms with Gasteiger partial charge in [0.25, 0.3) is 0 Å². The van der Waals surface area contributed by atoms with Crippen LogP contribution in [0, 0.1) is 0 Å². The van der Waals surface area contributed by atoms with E-state index in [4.69, 9.17) is 4.74 Å². The minimum atomic E-state index is 0. The first-order valence-corrected chi connectivity index (χ1v) is 2.93. The Bertz CT molecular complexity index is 61.7. The molecule has 0 aromatic heterocycles. The number of unbranched alkanes of at least 4 members (excludes halogenated alkanes) is 1. The summed E-state index contributed by atoms with van der Waals surface area (Å²) in [6.07, 6.45) is 2.95. The van der Waals surface area contributed by atoms with E-state index in [1.54, 1.807) is 0 Å². The summed E-state index contributed by atoms with van der Waals surface area (Å²) in [5, 5.41) is 0. The van der Waals surface area contributed by atoms with E-state index in [1.165, 1.54) is 0 Å². The molecule has 0 bridgehead atoms. The number of aldehydes is 1. The van der Waals surface area contributed by atoms with Crippen LogP contribution in [0.15, 0.2) is 0 Å². The summed E-state index contributed by atoms with van der Waals surface area (Å²) in [7, 11) is 0. The number of ether oxygens (including phenoxy) is 1. The first-order valence-electron chi connectivity index (χ1n) is 2.93. The molecule has 0 aliphatic heterocycles. The van der Waals surface area contributed by atoms with Crippen LogP contribution >= 0.6 is 0 Å². The average molecular weight is 140 g/mol. The van der Waals surface area contributed by atoms with Crippen LogP contribution in [0.2, 0.25) is 0 Å². The minimum Gasteiger partial charge on any atom is -1.00 e. The molecule has 0 aromatic rings. The molecule has 50 valence electrons. The summed E-state index contributed by atoms with van der Waals surface area (Å²) in [6.45, 7) is 3.06. The van der Waals surface area contributed by atoms with Crippen LogP contribution < -0.4 is 29.6 Å². The van der Waals surface area contributed by atoms with Crippen molar-refractivity contribution in [2.45, 2.75) is 19.8 Å². The van der Waals surface area contributed by atoms with Crippen molar-refractivity contribution in [3.8, 4) is 0 Å². The molecule has 0 aliphatic carbocycles. The van der Waals surface area contributed by atoms with Crippen molar-refractivity contribution in [2.75, 3.05) is 13.2 Å². The van der Waals surface area contributed by atoms with Crippen molar-refractivity contribution in [3.63, 3.8) is 0 Å². The van der Waals surface area contributed by atoms with Crippen molar-refractivity contribution < 1.29 is 40.5 Å². The van der Waals surface area contributed by atoms with Crippen LogP contribution in [-0.2, 0) is 9.53 Å². The maximum absolute atomic E-state index is 9.64. The van der Waals surface area contributed by atoms with E-state index in [0.29, 0.717) is 0 Å². The van der Waals surface area contributed by atoms with E-state index in [0.717, 1.165) is 25.7 Å². The topological polar surface area (TPSA) is 26.3 Å². The van der Waals surface area contributed by atoms with Gasteiger partial charge in [-0.2, -0.15) is 0 Å². The predicted octanol–water partition coefficient (Wildman–Crippen LogP) is -1.88. The van der Waals surface area contributed by atoms with Crippen LogP contribution in [0.1, 0.15) is 21.2 Å². The van der Waals surface area contributed by atoms with E-state index >= 15 is 0 Å². The van der Waals surface area contributed by atoms with Gasteiger partial charge in [0.15, 0.2) is 0 Å². The van der Waals surface area contributed by atoms with Gasteiger partial charge in [-0.05, 0) is 6.42 Å². The van der Waals surface area contributed by atoms with Crippen LogP contribution in [0.3, 0.4) is 0 Å². The van der Waals surface area contributed by atoms with Crippen molar-refractivity contribution in [1.82, 2.24) is 0 Å². The zero-order valence-electron chi connectivity index (χ0n) is 7.22. The van der Waals surface area contributed by atoms with Gasteiger partial charge in [0, 0.05) is 6.61 Å². The van der Waals surface area contributed by atoms with Gasteiger partial charge in [0.1, 0.15) is 12.9 Å². The zero-order valence-corrected chi connectivity index (χ0v) is 8.22. The molecule has 0 radical (unpaired) electrons. The Morgan fingerprint density at radius 1 is 1.67 bits per heavy atom. The maximum atomic E-state index is 9.64. The molecule has 0 aromatic carbocycles. The molecule has 0 saturated heterocycles. The molecule has 0 fully saturated rings. The molecule has 0 aliphatic rings. The molecule has 2 nitrogen and oxygen atoms in total. The van der Waals surface area contributed by atoms with Gasteiger partial charge >= 0.3 is 29.6 Å². The predicted molar refractivity (Wildman–Crippen MR) is 32.9 cm³/mol. The summed E-state index contributed by atoms with van der Waals surface area (Å²) in [4.78, 5) is 9.64. The molecule has 0 atom stereocenters. The van der Waals surface area contributed by atoms with E-state index in [-0.39, 0.29) is 37.6 Å². The smallest absolute Gasteiger partial charge is 1.00 e. The maximum Gasteiger partial charge on any atom is 1.00 e. The Labute approximate surface area is 79.7 Å². The van der Waals surface area contributed by atoms with Crippen LogP contribution in [-0.4, -0.2) is 19.5 Å². The molecular formula is C6H13NaO2. The molecule has 3 heteroatoms. The summed E-state index contributed by atoms with van der Waals surface area (Å²) in [5.41, 5.74) is 0. The summed E-state index contributed by atoms with van der Waals surface area (Å²) >= 11 is 0. The van der Waals surface area contributed by atoms with Gasteiger partial charge in [-0.1, -0.05) is 13.3 Å². The minimum absolute atomic E-state index is 0. The normalized spacial score (nSPS) is 8.11. The summed E-state index contributed by atoms with van der Waals surface area (Å²) < 4.78 is 4.86. The molecule has 0 heterocycles. The third-order valence-corrected chi connectivity index (χ3v) is 0.828. The fraction of sp³-hybridized carbons (Fsp3) is 0.833. The van der Waals surface area contributed by atoms with E-state index in [9.17, 15) is 4.79 Å². The Hall–Kier alpha value is 0.630. The fourth-order valence-electron chi connectivity index (χ4n) is 0.378. The number of hydrogen-bond donors (Lipinski definition) is 0. The Morgan fingerprint density at radius 3 is 2.78 bits per heavy atom. The van der Waals surface area contributed by atoms with Crippen LogP contribution in [0.5, 0.6) is 0 Å². The Morgan fingerprint density at radius 2 is 2.33 bits per heavy atom. The quantitative estimate of drug-likeness (QED) is 0.254. The number of hydrogen-bond acceptors (Lipinski definition) is 2. The standard InChI is InChI=1S/C6H12O2.Na.H/c1-2-3-5-8-6-4-7;;/h4H,2-3,5-6H2,1H3;;/q;+1;-1. The van der Waals surface area contributed by atoms with Crippen molar-refractivity contribution in [2.24, 2.45) is 0 Å². The molecule has 0 unspecified atom stereocenters. The van der Waals surface area contributed by atoms with Gasteiger partial charge in [0.05, 0.1) is 0 Å². The fourth-order valence-corrected chi connectivity index (χ4v) is 0.378. The summed E-state index contributed by atoms with van der Waals surface area (Å²) in [5.74, 6) is 0. The van der Waals surface area contributed by atoms with Crippen molar-refractivity contribution >= 4 is 6.29 Å². The second kappa shape index (κ2) is 11.4. The van der Waals surface area contributed by atoms with E-state index in [1.807, 2.05) is 0 Å². The van der Waals surface area contributed by atoms with Gasteiger partial charge in [-0.25, -0.2) is 0 Å². The second-order valence-electron chi connectivity index (χ2n) is 1.60. The Balaban J connectivity index is -0.000000245. The van der Waals surface area contributed by atoms with Crippen LogP contribution in [0.25, 0.3) is 0 Å². The molecular weight excluding hydrogens is 127 g/mol. The third-order valence-electron chi connectivity index (χ3n) is 0.828. The largest absolute Gasteiger partial charge is 1.00 e. The molecule has 9 heavy (non-hydrogen) atoms. The SMILES string of the molecule is CCCCOCC=O.[H-].[Na+]. The molecule has 0 rings (SSSR count). The van der Waals surface area contributed by atoms with Crippen molar-refractivity contribution in [1.29, 1.82) is 0 Å². The monoisotopic (exact) mass is 140 g/mol. The van der Waals surface area contributed by atoms with Gasteiger partial charge in [-0.15, -0.1) is 0 Å². The number of rotatable bonds is 5. The van der Waals surface area contributed by atoms with E-state index in [2.05, 4.69) is 6.92 Å². The van der Waals surface area contributed by atoms with Gasteiger partial charge < -0.3 is 11.0 Å². The molecule has 0 amide bonds. The van der Waals surface area contributed by atoms with Crippen LogP contribution in [0.4, 0.5) is 0 Å². The van der Waals surface area contributed by atoms with Gasteiger partial charge in [0.2, 0.25) is 0 Å². The average Bonchev–Trinajstić information content (AvgIpc) is 1.81. The van der Waals surface area contributed by atoms with Crippen molar-refractivity contribution in [3.05, 3.63) is 0 Å². The first-order chi connectivity index (χ1) is 3.91. The molecule has 0 spiro atoms. The summed E-state index contributed by atoms with van der Waals surface area (Å²) in [6, 6.07) is 0. The zero-order chi connectivity index (χ0) is 6.24. The molecule has 0 N–H and O–H groups in total.